The second-order valence-corrected chi connectivity index (χ2v) is 5.53. The summed E-state index contributed by atoms with van der Waals surface area (Å²) in [7, 11) is 0. The van der Waals surface area contributed by atoms with Crippen LogP contribution in [0.4, 0.5) is 0 Å². The van der Waals surface area contributed by atoms with Crippen molar-refractivity contribution in [2.24, 2.45) is 11.7 Å². The molecule has 1 aliphatic carbocycles. The highest BCUT2D eigenvalue weighted by atomic mass is 16.5. The largest absolute Gasteiger partial charge is 0.490 e. The Morgan fingerprint density at radius 2 is 2.05 bits per heavy atom. The first kappa shape index (κ1) is 13.9. The standard InChI is InChI=1S/C16H24N2O/c1-2-12-4-3-5-15(10-12)19-14-8-6-13(7-9-14)11-16(17)18/h6-9,12,15H,2-5,10-11H2,1H3,(H3,17,18). The van der Waals surface area contributed by atoms with Crippen molar-refractivity contribution < 1.29 is 4.74 Å². The first-order valence-corrected chi connectivity index (χ1v) is 7.26. The van der Waals surface area contributed by atoms with Crippen LogP contribution in [0.5, 0.6) is 5.75 Å². The van der Waals surface area contributed by atoms with Crippen LogP contribution in [0.15, 0.2) is 24.3 Å². The van der Waals surface area contributed by atoms with Crippen LogP contribution in [0.2, 0.25) is 0 Å². The van der Waals surface area contributed by atoms with E-state index in [-0.39, 0.29) is 5.84 Å². The third-order valence-corrected chi connectivity index (χ3v) is 3.93. The molecule has 0 bridgehead atoms. The molecule has 0 radical (unpaired) electrons. The maximum Gasteiger partial charge on any atom is 0.119 e. The van der Waals surface area contributed by atoms with Gasteiger partial charge >= 0.3 is 0 Å². The van der Waals surface area contributed by atoms with Gasteiger partial charge in [0.15, 0.2) is 0 Å². The van der Waals surface area contributed by atoms with E-state index >= 15 is 0 Å². The highest BCUT2D eigenvalue weighted by molar-refractivity contribution is 5.79. The van der Waals surface area contributed by atoms with Gasteiger partial charge < -0.3 is 10.5 Å². The topological polar surface area (TPSA) is 59.1 Å². The maximum atomic E-state index is 7.28. The third kappa shape index (κ3) is 4.27. The monoisotopic (exact) mass is 260 g/mol. The average molecular weight is 260 g/mol. The normalized spacial score (nSPS) is 23.0. The van der Waals surface area contributed by atoms with Crippen LogP contribution in [0.3, 0.4) is 0 Å². The summed E-state index contributed by atoms with van der Waals surface area (Å²) in [5.41, 5.74) is 6.46. The number of amidine groups is 1. The van der Waals surface area contributed by atoms with E-state index in [1.54, 1.807) is 0 Å². The Hall–Kier alpha value is -1.51. The van der Waals surface area contributed by atoms with Crippen LogP contribution in [0.25, 0.3) is 0 Å². The van der Waals surface area contributed by atoms with E-state index in [0.29, 0.717) is 12.5 Å². The molecule has 19 heavy (non-hydrogen) atoms. The Morgan fingerprint density at radius 1 is 1.32 bits per heavy atom. The van der Waals surface area contributed by atoms with E-state index in [0.717, 1.165) is 17.2 Å². The van der Waals surface area contributed by atoms with Gasteiger partial charge in [-0.05, 0) is 42.9 Å². The van der Waals surface area contributed by atoms with E-state index in [4.69, 9.17) is 15.9 Å². The lowest BCUT2D eigenvalue weighted by molar-refractivity contribution is 0.122. The van der Waals surface area contributed by atoms with Crippen LogP contribution >= 0.6 is 0 Å². The zero-order chi connectivity index (χ0) is 13.7. The van der Waals surface area contributed by atoms with Gasteiger partial charge in [0.25, 0.3) is 0 Å². The van der Waals surface area contributed by atoms with Gasteiger partial charge in [-0.3, -0.25) is 5.41 Å². The van der Waals surface area contributed by atoms with E-state index in [2.05, 4.69) is 6.92 Å². The molecule has 1 fully saturated rings. The molecule has 3 heteroatoms. The van der Waals surface area contributed by atoms with Crippen molar-refractivity contribution in [3.63, 3.8) is 0 Å². The second kappa shape index (κ2) is 6.60. The fraction of sp³-hybridized carbons (Fsp3) is 0.562. The number of hydrogen-bond acceptors (Lipinski definition) is 2. The number of nitrogens with one attached hydrogen (secondary N) is 1. The van der Waals surface area contributed by atoms with Crippen molar-refractivity contribution in [1.29, 1.82) is 5.41 Å². The summed E-state index contributed by atoms with van der Waals surface area (Å²) in [5, 5.41) is 7.28. The Bertz CT molecular complexity index is 413. The third-order valence-electron chi connectivity index (χ3n) is 3.93. The van der Waals surface area contributed by atoms with Crippen molar-refractivity contribution in [3.8, 4) is 5.75 Å². The molecule has 0 heterocycles. The van der Waals surface area contributed by atoms with Gasteiger partial charge in [-0.1, -0.05) is 31.9 Å². The number of hydrogen-bond donors (Lipinski definition) is 2. The minimum absolute atomic E-state index is 0.201. The fourth-order valence-corrected chi connectivity index (χ4v) is 2.82. The number of nitrogens with two attached hydrogens (primary N) is 1. The highest BCUT2D eigenvalue weighted by Crippen LogP contribution is 2.29. The Balaban J connectivity index is 1.90. The molecule has 0 aliphatic heterocycles. The molecule has 2 atom stereocenters. The van der Waals surface area contributed by atoms with Crippen molar-refractivity contribution in [3.05, 3.63) is 29.8 Å². The molecule has 104 valence electrons. The van der Waals surface area contributed by atoms with Crippen LogP contribution in [-0.4, -0.2) is 11.9 Å². The average Bonchev–Trinajstić information content (AvgIpc) is 2.41. The fourth-order valence-electron chi connectivity index (χ4n) is 2.82. The summed E-state index contributed by atoms with van der Waals surface area (Å²) in [6.07, 6.45) is 7.15. The summed E-state index contributed by atoms with van der Waals surface area (Å²) < 4.78 is 6.06. The number of rotatable bonds is 5. The molecule has 1 aromatic rings. The van der Waals surface area contributed by atoms with Crippen molar-refractivity contribution in [1.82, 2.24) is 0 Å². The number of benzene rings is 1. The van der Waals surface area contributed by atoms with Crippen LogP contribution in [0, 0.1) is 11.3 Å². The molecule has 2 rings (SSSR count). The molecule has 3 nitrogen and oxygen atoms in total. The molecule has 1 aromatic carbocycles. The summed E-state index contributed by atoms with van der Waals surface area (Å²) in [4.78, 5) is 0. The molecular formula is C16H24N2O. The quantitative estimate of drug-likeness (QED) is 0.628. The molecule has 1 saturated carbocycles. The Morgan fingerprint density at radius 3 is 2.68 bits per heavy atom. The number of ether oxygens (including phenoxy) is 1. The first-order chi connectivity index (χ1) is 9.17. The van der Waals surface area contributed by atoms with Gasteiger partial charge in [0.2, 0.25) is 0 Å². The van der Waals surface area contributed by atoms with E-state index in [1.807, 2.05) is 24.3 Å². The highest BCUT2D eigenvalue weighted by Gasteiger charge is 2.21. The summed E-state index contributed by atoms with van der Waals surface area (Å²) in [6.45, 7) is 2.27. The van der Waals surface area contributed by atoms with Gasteiger partial charge in [-0.2, -0.15) is 0 Å². The smallest absolute Gasteiger partial charge is 0.119 e. The molecule has 3 N–H and O–H groups in total. The van der Waals surface area contributed by atoms with Crippen molar-refractivity contribution in [2.75, 3.05) is 0 Å². The minimum atomic E-state index is 0.201. The van der Waals surface area contributed by atoms with Crippen molar-refractivity contribution >= 4 is 5.84 Å². The van der Waals surface area contributed by atoms with Crippen molar-refractivity contribution in [2.45, 2.75) is 51.6 Å². The zero-order valence-corrected chi connectivity index (χ0v) is 11.7. The predicted octanol–water partition coefficient (Wildman–Crippen LogP) is 3.51. The molecule has 0 saturated heterocycles. The predicted molar refractivity (Wildman–Crippen MR) is 78.7 cm³/mol. The van der Waals surface area contributed by atoms with Gasteiger partial charge in [0.05, 0.1) is 11.9 Å². The second-order valence-electron chi connectivity index (χ2n) is 5.53. The van der Waals surface area contributed by atoms with E-state index in [1.165, 1.54) is 32.1 Å². The molecule has 0 amide bonds. The van der Waals surface area contributed by atoms with Gasteiger partial charge in [-0.15, -0.1) is 0 Å². The van der Waals surface area contributed by atoms with Crippen LogP contribution in [0.1, 0.15) is 44.6 Å². The van der Waals surface area contributed by atoms with Crippen LogP contribution < -0.4 is 10.5 Å². The summed E-state index contributed by atoms with van der Waals surface area (Å²) >= 11 is 0. The van der Waals surface area contributed by atoms with Gasteiger partial charge in [0.1, 0.15) is 5.75 Å². The van der Waals surface area contributed by atoms with E-state index < -0.39 is 0 Å². The summed E-state index contributed by atoms with van der Waals surface area (Å²) in [5.74, 6) is 1.97. The Kier molecular flexibility index (Phi) is 4.83. The lowest BCUT2D eigenvalue weighted by atomic mass is 9.85. The van der Waals surface area contributed by atoms with Gasteiger partial charge in [0, 0.05) is 6.42 Å². The van der Waals surface area contributed by atoms with E-state index in [9.17, 15) is 0 Å². The molecular weight excluding hydrogens is 236 g/mol. The minimum Gasteiger partial charge on any atom is -0.490 e. The molecule has 0 spiro atoms. The molecule has 1 aliphatic rings. The summed E-state index contributed by atoms with van der Waals surface area (Å²) in [6, 6.07) is 7.98. The maximum absolute atomic E-state index is 7.28. The first-order valence-electron chi connectivity index (χ1n) is 7.26. The Labute approximate surface area is 115 Å². The zero-order valence-electron chi connectivity index (χ0n) is 11.7. The SMILES string of the molecule is CCC1CCCC(Oc2ccc(CC(=N)N)cc2)C1. The molecule has 0 aromatic heterocycles. The van der Waals surface area contributed by atoms with Crippen LogP contribution in [-0.2, 0) is 6.42 Å². The molecule has 2 unspecified atom stereocenters. The lowest BCUT2D eigenvalue weighted by Gasteiger charge is -2.29. The van der Waals surface area contributed by atoms with Gasteiger partial charge in [-0.25, -0.2) is 0 Å². The lowest BCUT2D eigenvalue weighted by Crippen LogP contribution is -2.25.